The molecule has 0 bridgehead atoms. The molecule has 2 aromatic carbocycles. The fourth-order valence-corrected chi connectivity index (χ4v) is 3.86. The van der Waals surface area contributed by atoms with Crippen molar-refractivity contribution in [2.24, 2.45) is 0 Å². The van der Waals surface area contributed by atoms with E-state index in [0.717, 1.165) is 22.3 Å². The third-order valence-corrected chi connectivity index (χ3v) is 5.18. The number of nitrogens with one attached hydrogen (secondary N) is 1. The van der Waals surface area contributed by atoms with Gasteiger partial charge in [-0.15, -0.1) is 11.3 Å². The predicted molar refractivity (Wildman–Crippen MR) is 107 cm³/mol. The standard InChI is InChI=1S/C21H15NO5S/c1-26-14-8-6-12(7-9-14)15-11-28-20(18(15)21(24)25)22-19(23)17-10-13-4-2-3-5-16(13)27-17/h2-11H,1H3,(H,22,23)(H,24,25). The van der Waals surface area contributed by atoms with E-state index >= 15 is 0 Å². The van der Waals surface area contributed by atoms with Crippen LogP contribution in [0.25, 0.3) is 22.1 Å². The largest absolute Gasteiger partial charge is 0.497 e. The summed E-state index contributed by atoms with van der Waals surface area (Å²) in [4.78, 5) is 24.4. The van der Waals surface area contributed by atoms with Gasteiger partial charge in [0.1, 0.15) is 21.9 Å². The maximum absolute atomic E-state index is 12.6. The van der Waals surface area contributed by atoms with Crippen molar-refractivity contribution in [1.29, 1.82) is 0 Å². The van der Waals surface area contributed by atoms with Gasteiger partial charge in [0.15, 0.2) is 5.76 Å². The van der Waals surface area contributed by atoms with E-state index in [1.165, 1.54) is 0 Å². The molecule has 2 N–H and O–H groups in total. The van der Waals surface area contributed by atoms with Gasteiger partial charge in [0.25, 0.3) is 5.91 Å². The van der Waals surface area contributed by atoms with Crippen LogP contribution in [0.3, 0.4) is 0 Å². The molecule has 140 valence electrons. The molecule has 2 aromatic heterocycles. The maximum atomic E-state index is 12.6. The molecule has 6 nitrogen and oxygen atoms in total. The summed E-state index contributed by atoms with van der Waals surface area (Å²) in [5, 5.41) is 15.1. The molecule has 2 heterocycles. The van der Waals surface area contributed by atoms with Crippen LogP contribution in [0.15, 0.2) is 64.4 Å². The zero-order valence-electron chi connectivity index (χ0n) is 14.8. The van der Waals surface area contributed by atoms with Crippen LogP contribution in [0.2, 0.25) is 0 Å². The number of fused-ring (bicyclic) bond motifs is 1. The quantitative estimate of drug-likeness (QED) is 0.491. The van der Waals surface area contributed by atoms with Crippen molar-refractivity contribution in [3.05, 3.63) is 71.3 Å². The van der Waals surface area contributed by atoms with Crippen LogP contribution in [0, 0.1) is 0 Å². The highest BCUT2D eigenvalue weighted by Gasteiger charge is 2.22. The number of carboxylic acids is 1. The first-order valence-electron chi connectivity index (χ1n) is 8.36. The minimum Gasteiger partial charge on any atom is -0.497 e. The fourth-order valence-electron chi connectivity index (χ4n) is 2.90. The number of aromatic carboxylic acids is 1. The molecule has 4 aromatic rings. The fraction of sp³-hybridized carbons (Fsp3) is 0.0476. The number of ether oxygens (including phenoxy) is 1. The van der Waals surface area contributed by atoms with Gasteiger partial charge in [-0.1, -0.05) is 30.3 Å². The second-order valence-electron chi connectivity index (χ2n) is 5.99. The molecule has 7 heteroatoms. The van der Waals surface area contributed by atoms with Gasteiger partial charge in [-0.05, 0) is 29.8 Å². The molecule has 0 radical (unpaired) electrons. The van der Waals surface area contributed by atoms with Crippen molar-refractivity contribution >= 4 is 39.2 Å². The molecule has 1 amide bonds. The number of carbonyl (C=O) groups is 2. The molecule has 0 aliphatic rings. The number of hydrogen-bond donors (Lipinski definition) is 2. The van der Waals surface area contributed by atoms with Crippen LogP contribution < -0.4 is 10.1 Å². The minimum absolute atomic E-state index is 0.0413. The highest BCUT2D eigenvalue weighted by atomic mass is 32.1. The van der Waals surface area contributed by atoms with Gasteiger partial charge >= 0.3 is 5.97 Å². The first kappa shape index (κ1) is 17.8. The second-order valence-corrected chi connectivity index (χ2v) is 6.87. The zero-order valence-corrected chi connectivity index (χ0v) is 15.6. The van der Waals surface area contributed by atoms with Crippen molar-refractivity contribution < 1.29 is 23.8 Å². The first-order valence-corrected chi connectivity index (χ1v) is 9.24. The Balaban J connectivity index is 1.66. The molecular weight excluding hydrogens is 378 g/mol. The van der Waals surface area contributed by atoms with Crippen molar-refractivity contribution in [3.8, 4) is 16.9 Å². The van der Waals surface area contributed by atoms with E-state index in [1.807, 2.05) is 18.2 Å². The van der Waals surface area contributed by atoms with E-state index in [9.17, 15) is 14.7 Å². The molecule has 0 atom stereocenters. The zero-order chi connectivity index (χ0) is 19.7. The number of hydrogen-bond acceptors (Lipinski definition) is 5. The molecule has 0 aliphatic heterocycles. The third-order valence-electron chi connectivity index (χ3n) is 4.28. The van der Waals surface area contributed by atoms with Gasteiger partial charge in [-0.2, -0.15) is 0 Å². The lowest BCUT2D eigenvalue weighted by Gasteiger charge is -2.06. The van der Waals surface area contributed by atoms with Gasteiger partial charge in [0, 0.05) is 16.3 Å². The molecule has 0 saturated heterocycles. The van der Waals surface area contributed by atoms with Crippen molar-refractivity contribution in [2.45, 2.75) is 0 Å². The molecule has 4 rings (SSSR count). The van der Waals surface area contributed by atoms with Crippen molar-refractivity contribution in [1.82, 2.24) is 0 Å². The molecule has 0 aliphatic carbocycles. The van der Waals surface area contributed by atoms with E-state index in [2.05, 4.69) is 5.32 Å². The van der Waals surface area contributed by atoms with Gasteiger partial charge in [-0.25, -0.2) is 4.79 Å². The van der Waals surface area contributed by atoms with E-state index in [4.69, 9.17) is 9.15 Å². The lowest BCUT2D eigenvalue weighted by Crippen LogP contribution is -2.12. The SMILES string of the molecule is COc1ccc(-c2csc(NC(=O)c3cc4ccccc4o3)c2C(=O)O)cc1. The Hall–Kier alpha value is -3.58. The Kier molecular flexibility index (Phi) is 4.58. The number of carbonyl (C=O) groups excluding carboxylic acids is 1. The topological polar surface area (TPSA) is 88.8 Å². The summed E-state index contributed by atoms with van der Waals surface area (Å²) in [5.74, 6) is -0.819. The normalized spacial score (nSPS) is 10.8. The Bertz CT molecular complexity index is 1140. The molecule has 0 fully saturated rings. The number of thiophene rings is 1. The van der Waals surface area contributed by atoms with Crippen LogP contribution in [0.4, 0.5) is 5.00 Å². The summed E-state index contributed by atoms with van der Waals surface area (Å²) >= 11 is 1.15. The van der Waals surface area contributed by atoms with Gasteiger partial charge in [0.2, 0.25) is 0 Å². The average Bonchev–Trinajstić information content (AvgIpc) is 3.32. The Labute approximate surface area is 164 Å². The first-order chi connectivity index (χ1) is 13.6. The summed E-state index contributed by atoms with van der Waals surface area (Å²) in [6.45, 7) is 0. The van der Waals surface area contributed by atoms with E-state index in [1.54, 1.807) is 48.9 Å². The molecule has 0 saturated carbocycles. The summed E-state index contributed by atoms with van der Waals surface area (Å²) in [6, 6.07) is 16.0. The number of para-hydroxylation sites is 1. The molecule has 28 heavy (non-hydrogen) atoms. The van der Waals surface area contributed by atoms with E-state index in [0.29, 0.717) is 16.9 Å². The number of anilines is 1. The number of methoxy groups -OCH3 is 1. The summed E-state index contributed by atoms with van der Waals surface area (Å²) < 4.78 is 10.7. The van der Waals surface area contributed by atoms with Crippen LogP contribution in [0.1, 0.15) is 20.9 Å². The van der Waals surface area contributed by atoms with E-state index in [-0.39, 0.29) is 16.3 Å². The number of rotatable bonds is 5. The highest BCUT2D eigenvalue weighted by Crippen LogP contribution is 2.36. The van der Waals surface area contributed by atoms with E-state index < -0.39 is 11.9 Å². The molecule has 0 unspecified atom stereocenters. The average molecular weight is 393 g/mol. The number of furan rings is 1. The van der Waals surface area contributed by atoms with Crippen molar-refractivity contribution in [2.75, 3.05) is 12.4 Å². The van der Waals surface area contributed by atoms with Gasteiger partial charge < -0.3 is 19.6 Å². The molecular formula is C21H15NO5S. The van der Waals surface area contributed by atoms with Crippen LogP contribution >= 0.6 is 11.3 Å². The highest BCUT2D eigenvalue weighted by molar-refractivity contribution is 7.15. The predicted octanol–water partition coefficient (Wildman–Crippen LogP) is 5.12. The Morgan fingerprint density at radius 3 is 2.54 bits per heavy atom. The van der Waals surface area contributed by atoms with Crippen LogP contribution in [0.5, 0.6) is 5.75 Å². The van der Waals surface area contributed by atoms with Gasteiger partial charge in [-0.3, -0.25) is 4.79 Å². The smallest absolute Gasteiger partial charge is 0.339 e. The maximum Gasteiger partial charge on any atom is 0.339 e. The Morgan fingerprint density at radius 1 is 1.11 bits per heavy atom. The van der Waals surface area contributed by atoms with Crippen LogP contribution in [-0.4, -0.2) is 24.1 Å². The summed E-state index contributed by atoms with van der Waals surface area (Å²) in [6.07, 6.45) is 0. The number of carboxylic acid groups (broad SMARTS) is 1. The summed E-state index contributed by atoms with van der Waals surface area (Å²) in [7, 11) is 1.56. The third kappa shape index (κ3) is 3.23. The second kappa shape index (κ2) is 7.21. The summed E-state index contributed by atoms with van der Waals surface area (Å²) in [5.41, 5.74) is 1.88. The minimum atomic E-state index is -1.12. The van der Waals surface area contributed by atoms with Gasteiger partial charge in [0.05, 0.1) is 7.11 Å². The lowest BCUT2D eigenvalue weighted by atomic mass is 10.0. The molecule has 0 spiro atoms. The number of benzene rings is 2. The van der Waals surface area contributed by atoms with Crippen molar-refractivity contribution in [3.63, 3.8) is 0 Å². The Morgan fingerprint density at radius 2 is 1.86 bits per heavy atom. The van der Waals surface area contributed by atoms with Crippen LogP contribution in [-0.2, 0) is 0 Å². The number of amides is 1. The monoisotopic (exact) mass is 393 g/mol. The lowest BCUT2D eigenvalue weighted by molar-refractivity contribution is 0.0699.